The van der Waals surface area contributed by atoms with Gasteiger partial charge in [0.05, 0.1) is 7.11 Å². The molecular weight excluding hydrogens is 226 g/mol. The first-order valence-electron chi connectivity index (χ1n) is 5.02. The molecule has 1 aromatic carbocycles. The lowest BCUT2D eigenvalue weighted by atomic mass is 10.2. The number of methoxy groups -OCH3 is 1. The quantitative estimate of drug-likeness (QED) is 0.830. The molecule has 3 nitrogen and oxygen atoms in total. The van der Waals surface area contributed by atoms with E-state index in [1.165, 1.54) is 5.54 Å². The first kappa shape index (κ1) is 12.9. The van der Waals surface area contributed by atoms with Crippen molar-refractivity contribution in [3.05, 3.63) is 35.4 Å². The summed E-state index contributed by atoms with van der Waals surface area (Å²) >= 11 is 5.44. The van der Waals surface area contributed by atoms with Gasteiger partial charge in [0, 0.05) is 17.6 Å². The summed E-state index contributed by atoms with van der Waals surface area (Å²) in [6.45, 7) is 1.16. The Morgan fingerprint density at radius 2 is 2.25 bits per heavy atom. The topological polar surface area (TPSA) is 30.5 Å². The molecule has 0 atom stereocenters. The maximum absolute atomic E-state index is 5.62. The van der Waals surface area contributed by atoms with Crippen LogP contribution < -0.4 is 14.8 Å². The fourth-order valence-corrected chi connectivity index (χ4v) is 1.46. The van der Waals surface area contributed by atoms with E-state index in [9.17, 15) is 0 Å². The molecule has 0 fully saturated rings. The molecule has 1 rings (SSSR count). The molecule has 0 amide bonds. The van der Waals surface area contributed by atoms with Gasteiger partial charge < -0.3 is 14.8 Å². The van der Waals surface area contributed by atoms with Gasteiger partial charge in [0.2, 0.25) is 0 Å². The minimum absolute atomic E-state index is 0.431. The van der Waals surface area contributed by atoms with E-state index in [4.69, 9.17) is 21.1 Å². The van der Waals surface area contributed by atoms with Gasteiger partial charge >= 0.3 is 0 Å². The molecule has 88 valence electrons. The molecule has 0 spiro atoms. The molecule has 4 heteroatoms. The smallest absolute Gasteiger partial charge is 0.166 e. The molecule has 0 aliphatic carbocycles. The summed E-state index contributed by atoms with van der Waals surface area (Å²) in [5.41, 5.74) is 2.50. The first-order chi connectivity index (χ1) is 7.83. The van der Waals surface area contributed by atoms with E-state index in [2.05, 4.69) is 5.32 Å². The predicted octanol–water partition coefficient (Wildman–Crippen LogP) is 2.55. The summed E-state index contributed by atoms with van der Waals surface area (Å²) in [5, 5.41) is 3.09. The van der Waals surface area contributed by atoms with Crippen LogP contribution in [0.15, 0.2) is 29.8 Å². The summed E-state index contributed by atoms with van der Waals surface area (Å²) in [5.74, 6) is 1.49. The van der Waals surface area contributed by atoms with Crippen molar-refractivity contribution < 1.29 is 9.47 Å². The minimum Gasteiger partial charge on any atom is -0.493 e. The molecule has 0 saturated carbocycles. The standard InChI is InChI=1S/C12H16ClNO2/c1-14-9-10-5-3-6-11(15-2)12(10)16-8-4-7-13/h3-7,14H,8-9H2,1-2H3/b7-4+. The second-order valence-corrected chi connectivity index (χ2v) is 3.40. The van der Waals surface area contributed by atoms with Gasteiger partial charge in [-0.2, -0.15) is 0 Å². The summed E-state index contributed by atoms with van der Waals surface area (Å²) in [7, 11) is 3.52. The van der Waals surface area contributed by atoms with Crippen molar-refractivity contribution in [2.24, 2.45) is 0 Å². The number of rotatable bonds is 6. The Bertz CT molecular complexity index is 353. The number of hydrogen-bond acceptors (Lipinski definition) is 3. The van der Waals surface area contributed by atoms with Crippen LogP contribution in [0.3, 0.4) is 0 Å². The number of halogens is 1. The Morgan fingerprint density at radius 3 is 2.88 bits per heavy atom. The molecule has 0 aliphatic heterocycles. The van der Waals surface area contributed by atoms with Gasteiger partial charge in [-0.15, -0.1) is 0 Å². The van der Waals surface area contributed by atoms with Crippen LogP contribution in [0.1, 0.15) is 5.56 Å². The third-order valence-corrected chi connectivity index (χ3v) is 2.24. The lowest BCUT2D eigenvalue weighted by molar-refractivity contribution is 0.322. The second-order valence-electron chi connectivity index (χ2n) is 3.15. The van der Waals surface area contributed by atoms with Gasteiger partial charge in [-0.1, -0.05) is 23.7 Å². The van der Waals surface area contributed by atoms with Crippen LogP contribution in [0.4, 0.5) is 0 Å². The second kappa shape index (κ2) is 7.14. The van der Waals surface area contributed by atoms with E-state index < -0.39 is 0 Å². The largest absolute Gasteiger partial charge is 0.493 e. The minimum atomic E-state index is 0.431. The molecule has 1 N–H and O–H groups in total. The average Bonchev–Trinajstić information content (AvgIpc) is 2.31. The van der Waals surface area contributed by atoms with Gasteiger partial charge in [0.25, 0.3) is 0 Å². The van der Waals surface area contributed by atoms with Gasteiger partial charge in [-0.25, -0.2) is 0 Å². The van der Waals surface area contributed by atoms with Crippen molar-refractivity contribution in [3.63, 3.8) is 0 Å². The van der Waals surface area contributed by atoms with Crippen molar-refractivity contribution in [2.75, 3.05) is 20.8 Å². The Morgan fingerprint density at radius 1 is 1.44 bits per heavy atom. The number of hydrogen-bond donors (Lipinski definition) is 1. The lowest BCUT2D eigenvalue weighted by Gasteiger charge is -2.13. The molecule has 16 heavy (non-hydrogen) atoms. The van der Waals surface area contributed by atoms with Crippen molar-refractivity contribution in [2.45, 2.75) is 6.54 Å². The zero-order valence-electron chi connectivity index (χ0n) is 9.50. The van der Waals surface area contributed by atoms with Crippen LogP contribution in [0.2, 0.25) is 0 Å². The summed E-state index contributed by atoms with van der Waals surface area (Å²) in [4.78, 5) is 0. The normalized spacial score (nSPS) is 10.7. The van der Waals surface area contributed by atoms with Crippen LogP contribution in [0.5, 0.6) is 11.5 Å². The highest BCUT2D eigenvalue weighted by Crippen LogP contribution is 2.30. The number of benzene rings is 1. The van der Waals surface area contributed by atoms with E-state index in [1.54, 1.807) is 13.2 Å². The third-order valence-electron chi connectivity index (χ3n) is 2.06. The van der Waals surface area contributed by atoms with Crippen molar-refractivity contribution >= 4 is 11.6 Å². The fourth-order valence-electron chi connectivity index (χ4n) is 1.38. The molecule has 0 saturated heterocycles. The van der Waals surface area contributed by atoms with Crippen molar-refractivity contribution in [3.8, 4) is 11.5 Å². The zero-order valence-corrected chi connectivity index (χ0v) is 10.3. The Balaban J connectivity index is 2.89. The number of para-hydroxylation sites is 1. The van der Waals surface area contributed by atoms with Crippen LogP contribution in [-0.4, -0.2) is 20.8 Å². The van der Waals surface area contributed by atoms with Gasteiger partial charge in [0.1, 0.15) is 6.61 Å². The predicted molar refractivity (Wildman–Crippen MR) is 66.2 cm³/mol. The summed E-state index contributed by atoms with van der Waals surface area (Å²) in [6.07, 6.45) is 1.73. The third kappa shape index (κ3) is 3.43. The monoisotopic (exact) mass is 241 g/mol. The van der Waals surface area contributed by atoms with Gasteiger partial charge in [0.15, 0.2) is 11.5 Å². The average molecular weight is 242 g/mol. The summed E-state index contributed by atoms with van der Waals surface area (Å²) < 4.78 is 10.9. The molecule has 0 aromatic heterocycles. The van der Waals surface area contributed by atoms with E-state index in [-0.39, 0.29) is 0 Å². The Hall–Kier alpha value is -1.19. The highest BCUT2D eigenvalue weighted by Gasteiger charge is 2.08. The Kier molecular flexibility index (Phi) is 5.75. The molecule has 0 unspecified atom stereocenters. The van der Waals surface area contributed by atoms with Crippen molar-refractivity contribution in [1.82, 2.24) is 5.32 Å². The SMILES string of the molecule is CNCc1cccc(OC)c1OC/C=C/Cl. The Labute approximate surface area is 101 Å². The van der Waals surface area contributed by atoms with Gasteiger partial charge in [-0.3, -0.25) is 0 Å². The van der Waals surface area contributed by atoms with Crippen LogP contribution >= 0.6 is 11.6 Å². The summed E-state index contributed by atoms with van der Waals surface area (Å²) in [6, 6.07) is 5.81. The number of nitrogens with one attached hydrogen (secondary N) is 1. The molecule has 1 aromatic rings. The number of ether oxygens (including phenoxy) is 2. The molecule has 0 aliphatic rings. The maximum atomic E-state index is 5.62. The molecule has 0 heterocycles. The molecule has 0 radical (unpaired) electrons. The highest BCUT2D eigenvalue weighted by molar-refractivity contribution is 6.25. The lowest BCUT2D eigenvalue weighted by Crippen LogP contribution is -2.08. The van der Waals surface area contributed by atoms with Gasteiger partial charge in [-0.05, 0) is 19.2 Å². The fraction of sp³-hybridized carbons (Fsp3) is 0.333. The van der Waals surface area contributed by atoms with Crippen LogP contribution in [-0.2, 0) is 6.54 Å². The maximum Gasteiger partial charge on any atom is 0.166 e. The molecule has 0 bridgehead atoms. The van der Waals surface area contributed by atoms with Crippen molar-refractivity contribution in [1.29, 1.82) is 0 Å². The van der Waals surface area contributed by atoms with E-state index in [0.29, 0.717) is 6.61 Å². The van der Waals surface area contributed by atoms with E-state index >= 15 is 0 Å². The first-order valence-corrected chi connectivity index (χ1v) is 5.45. The molecular formula is C12H16ClNO2. The van der Waals surface area contributed by atoms with E-state index in [0.717, 1.165) is 23.6 Å². The van der Waals surface area contributed by atoms with Crippen LogP contribution in [0, 0.1) is 0 Å². The highest BCUT2D eigenvalue weighted by atomic mass is 35.5. The zero-order chi connectivity index (χ0) is 11.8. The van der Waals surface area contributed by atoms with E-state index in [1.807, 2.05) is 25.2 Å². The van der Waals surface area contributed by atoms with Crippen LogP contribution in [0.25, 0.3) is 0 Å².